The molecule has 0 aliphatic rings. The molecular formula is C18H17FN2O2. The Kier molecular flexibility index (Phi) is 4.28. The molecule has 0 unspecified atom stereocenters. The van der Waals surface area contributed by atoms with Gasteiger partial charge in [-0.25, -0.2) is 4.39 Å². The van der Waals surface area contributed by atoms with Gasteiger partial charge in [-0.15, -0.1) is 0 Å². The van der Waals surface area contributed by atoms with Crippen molar-refractivity contribution >= 4 is 16.8 Å². The summed E-state index contributed by atoms with van der Waals surface area (Å²) in [4.78, 5) is 15.2. The summed E-state index contributed by atoms with van der Waals surface area (Å²) in [5.74, 6) is 0.311. The fraction of sp³-hybridized carbons (Fsp3) is 0.167. The van der Waals surface area contributed by atoms with E-state index in [9.17, 15) is 9.18 Å². The van der Waals surface area contributed by atoms with Gasteiger partial charge in [0.1, 0.15) is 11.6 Å². The molecule has 0 radical (unpaired) electrons. The zero-order chi connectivity index (χ0) is 16.2. The van der Waals surface area contributed by atoms with Gasteiger partial charge in [0.25, 0.3) is 5.91 Å². The Hall–Kier alpha value is -2.82. The molecule has 2 N–H and O–H groups in total. The van der Waals surface area contributed by atoms with Crippen LogP contribution in [-0.4, -0.2) is 24.5 Å². The molecular weight excluding hydrogens is 295 g/mol. The zero-order valence-corrected chi connectivity index (χ0v) is 12.7. The van der Waals surface area contributed by atoms with Crippen LogP contribution in [0.15, 0.2) is 48.7 Å². The number of hydrogen-bond acceptors (Lipinski definition) is 2. The molecule has 0 aliphatic carbocycles. The summed E-state index contributed by atoms with van der Waals surface area (Å²) in [5.41, 5.74) is 2.26. The van der Waals surface area contributed by atoms with Crippen molar-refractivity contribution in [3.8, 4) is 5.75 Å². The first kappa shape index (κ1) is 15.1. The molecule has 3 aromatic rings. The molecule has 5 heteroatoms. The number of nitrogens with one attached hydrogen (secondary N) is 2. The molecule has 4 nitrogen and oxygen atoms in total. The minimum Gasteiger partial charge on any atom is -0.497 e. The second-order valence-electron chi connectivity index (χ2n) is 5.25. The number of halogens is 1. The topological polar surface area (TPSA) is 54.1 Å². The fourth-order valence-corrected chi connectivity index (χ4v) is 2.49. The molecule has 118 valence electrons. The number of benzene rings is 2. The molecule has 0 atom stereocenters. The number of ether oxygens (including phenoxy) is 1. The summed E-state index contributed by atoms with van der Waals surface area (Å²) >= 11 is 0. The van der Waals surface area contributed by atoms with Crippen LogP contribution in [0.3, 0.4) is 0 Å². The summed E-state index contributed by atoms with van der Waals surface area (Å²) in [7, 11) is 1.63. The molecule has 0 fully saturated rings. The van der Waals surface area contributed by atoms with Crippen molar-refractivity contribution in [1.29, 1.82) is 0 Å². The predicted molar refractivity (Wildman–Crippen MR) is 87.3 cm³/mol. The van der Waals surface area contributed by atoms with Crippen LogP contribution >= 0.6 is 0 Å². The summed E-state index contributed by atoms with van der Waals surface area (Å²) in [6, 6.07) is 12.1. The molecule has 0 spiro atoms. The number of amides is 1. The van der Waals surface area contributed by atoms with Gasteiger partial charge in [0, 0.05) is 23.6 Å². The third-order valence-corrected chi connectivity index (χ3v) is 3.75. The smallest absolute Gasteiger partial charge is 0.253 e. The molecule has 0 saturated carbocycles. The number of aromatic amines is 1. The maximum absolute atomic E-state index is 13.2. The molecule has 23 heavy (non-hydrogen) atoms. The SMILES string of the molecule is COc1ccc(CCNC(=O)c2c[nH]c3cc(F)ccc23)cc1. The molecule has 2 aromatic carbocycles. The van der Waals surface area contributed by atoms with Crippen LogP contribution in [0.2, 0.25) is 0 Å². The number of rotatable bonds is 5. The van der Waals surface area contributed by atoms with Crippen molar-refractivity contribution in [2.24, 2.45) is 0 Å². The third-order valence-electron chi connectivity index (χ3n) is 3.75. The quantitative estimate of drug-likeness (QED) is 0.759. The van der Waals surface area contributed by atoms with Crippen molar-refractivity contribution in [2.45, 2.75) is 6.42 Å². The lowest BCUT2D eigenvalue weighted by Crippen LogP contribution is -2.25. The van der Waals surface area contributed by atoms with E-state index < -0.39 is 0 Å². The summed E-state index contributed by atoms with van der Waals surface area (Å²) < 4.78 is 18.3. The highest BCUT2D eigenvalue weighted by atomic mass is 19.1. The first-order chi connectivity index (χ1) is 11.2. The van der Waals surface area contributed by atoms with E-state index >= 15 is 0 Å². The van der Waals surface area contributed by atoms with Crippen LogP contribution in [0, 0.1) is 5.82 Å². The van der Waals surface area contributed by atoms with Gasteiger partial charge in [-0.05, 0) is 42.3 Å². The highest BCUT2D eigenvalue weighted by molar-refractivity contribution is 6.06. The number of hydrogen-bond donors (Lipinski definition) is 2. The molecule has 3 rings (SSSR count). The summed E-state index contributed by atoms with van der Waals surface area (Å²) in [6.45, 7) is 0.527. The zero-order valence-electron chi connectivity index (χ0n) is 12.7. The van der Waals surface area contributed by atoms with E-state index in [1.807, 2.05) is 24.3 Å². The van der Waals surface area contributed by atoms with E-state index in [2.05, 4.69) is 10.3 Å². The van der Waals surface area contributed by atoms with Crippen molar-refractivity contribution < 1.29 is 13.9 Å². The lowest BCUT2D eigenvalue weighted by atomic mass is 10.1. The standard InChI is InChI=1S/C18H17FN2O2/c1-23-14-5-2-12(3-6-14)8-9-20-18(22)16-11-21-17-10-13(19)4-7-15(16)17/h2-7,10-11,21H,8-9H2,1H3,(H,20,22). The molecule has 0 bridgehead atoms. The monoisotopic (exact) mass is 312 g/mol. The minimum atomic E-state index is -0.328. The first-order valence-corrected chi connectivity index (χ1v) is 7.35. The van der Waals surface area contributed by atoms with Crippen LogP contribution in [0.1, 0.15) is 15.9 Å². The number of carbonyl (C=O) groups excluding carboxylic acids is 1. The van der Waals surface area contributed by atoms with Crippen LogP contribution in [0.5, 0.6) is 5.75 Å². The van der Waals surface area contributed by atoms with Gasteiger partial charge in [-0.1, -0.05) is 12.1 Å². The Morgan fingerprint density at radius 3 is 2.74 bits per heavy atom. The molecule has 1 aromatic heterocycles. The average molecular weight is 312 g/mol. The highest BCUT2D eigenvalue weighted by Gasteiger charge is 2.11. The van der Waals surface area contributed by atoms with Crippen molar-refractivity contribution in [2.75, 3.05) is 13.7 Å². The number of methoxy groups -OCH3 is 1. The Morgan fingerprint density at radius 2 is 2.00 bits per heavy atom. The van der Waals surface area contributed by atoms with Gasteiger partial charge in [0.15, 0.2) is 0 Å². The van der Waals surface area contributed by atoms with E-state index in [-0.39, 0.29) is 11.7 Å². The Morgan fingerprint density at radius 1 is 1.22 bits per heavy atom. The van der Waals surface area contributed by atoms with Gasteiger partial charge in [0.2, 0.25) is 0 Å². The van der Waals surface area contributed by atoms with E-state index in [4.69, 9.17) is 4.74 Å². The van der Waals surface area contributed by atoms with E-state index in [0.717, 1.165) is 17.7 Å². The minimum absolute atomic E-state index is 0.170. The lowest BCUT2D eigenvalue weighted by molar-refractivity contribution is 0.0956. The normalized spacial score (nSPS) is 10.7. The number of carbonyl (C=O) groups is 1. The van der Waals surface area contributed by atoms with E-state index in [1.165, 1.54) is 12.1 Å². The van der Waals surface area contributed by atoms with Crippen molar-refractivity contribution in [3.05, 3.63) is 65.6 Å². The fourth-order valence-electron chi connectivity index (χ4n) is 2.49. The van der Waals surface area contributed by atoms with Crippen LogP contribution < -0.4 is 10.1 Å². The maximum Gasteiger partial charge on any atom is 0.253 e. The molecule has 0 saturated heterocycles. The third kappa shape index (κ3) is 3.34. The predicted octanol–water partition coefficient (Wildman–Crippen LogP) is 3.29. The average Bonchev–Trinajstić information content (AvgIpc) is 2.98. The van der Waals surface area contributed by atoms with Crippen molar-refractivity contribution in [1.82, 2.24) is 10.3 Å². The van der Waals surface area contributed by atoms with Crippen LogP contribution in [-0.2, 0) is 6.42 Å². The van der Waals surface area contributed by atoms with Gasteiger partial charge in [0.05, 0.1) is 12.7 Å². The summed E-state index contributed by atoms with van der Waals surface area (Å²) in [5, 5.41) is 3.60. The molecule has 1 heterocycles. The van der Waals surface area contributed by atoms with Gasteiger partial charge in [-0.2, -0.15) is 0 Å². The Bertz CT molecular complexity index is 825. The van der Waals surface area contributed by atoms with Gasteiger partial charge < -0.3 is 15.0 Å². The number of aromatic nitrogens is 1. The Labute approximate surface area is 133 Å². The Balaban J connectivity index is 1.62. The number of H-pyrrole nitrogens is 1. The van der Waals surface area contributed by atoms with E-state index in [1.54, 1.807) is 19.4 Å². The van der Waals surface area contributed by atoms with Crippen molar-refractivity contribution in [3.63, 3.8) is 0 Å². The lowest BCUT2D eigenvalue weighted by Gasteiger charge is -2.06. The highest BCUT2D eigenvalue weighted by Crippen LogP contribution is 2.19. The van der Waals surface area contributed by atoms with Crippen LogP contribution in [0.25, 0.3) is 10.9 Å². The van der Waals surface area contributed by atoms with Gasteiger partial charge in [-0.3, -0.25) is 4.79 Å². The summed E-state index contributed by atoms with van der Waals surface area (Å²) in [6.07, 6.45) is 2.33. The van der Waals surface area contributed by atoms with E-state index in [0.29, 0.717) is 23.0 Å². The van der Waals surface area contributed by atoms with Crippen LogP contribution in [0.4, 0.5) is 4.39 Å². The molecule has 1 amide bonds. The second kappa shape index (κ2) is 6.52. The first-order valence-electron chi connectivity index (χ1n) is 7.35. The van der Waals surface area contributed by atoms with Gasteiger partial charge >= 0.3 is 0 Å². The largest absolute Gasteiger partial charge is 0.497 e. The maximum atomic E-state index is 13.2. The second-order valence-corrected chi connectivity index (χ2v) is 5.25. The molecule has 0 aliphatic heterocycles. The number of fused-ring (bicyclic) bond motifs is 1.